The van der Waals surface area contributed by atoms with Crippen LogP contribution in [0.5, 0.6) is 0 Å². The van der Waals surface area contributed by atoms with Crippen LogP contribution in [0, 0.1) is 17.0 Å². The molecule has 28 heavy (non-hydrogen) atoms. The number of nitro groups is 1. The molecule has 0 aliphatic rings. The van der Waals surface area contributed by atoms with E-state index in [2.05, 4.69) is 15.5 Å². The molecule has 1 aromatic carbocycles. The molecule has 0 radical (unpaired) electrons. The van der Waals surface area contributed by atoms with Crippen molar-refractivity contribution in [3.63, 3.8) is 0 Å². The van der Waals surface area contributed by atoms with Gasteiger partial charge in [-0.25, -0.2) is 8.42 Å². The van der Waals surface area contributed by atoms with E-state index in [9.17, 15) is 23.3 Å². The summed E-state index contributed by atoms with van der Waals surface area (Å²) in [4.78, 5) is 22.9. The van der Waals surface area contributed by atoms with Crippen molar-refractivity contribution in [1.82, 2.24) is 10.2 Å². The number of hydrogen-bond acceptors (Lipinski definition) is 9. The third-order valence-electron chi connectivity index (χ3n) is 3.51. The van der Waals surface area contributed by atoms with Gasteiger partial charge >= 0.3 is 0 Å². The molecule has 0 saturated heterocycles. The monoisotopic (exact) mass is 445 g/mol. The SMILES string of the molecule is CCCSc1nnc(NC(=O)CN(c2cccc([N+](=O)[O-])c2C)S(C)(=O)=O)s1. The van der Waals surface area contributed by atoms with Crippen LogP contribution in [0.3, 0.4) is 0 Å². The first-order chi connectivity index (χ1) is 13.1. The Morgan fingerprint density at radius 2 is 2.11 bits per heavy atom. The fourth-order valence-corrected chi connectivity index (χ4v) is 4.86. The second-order valence-electron chi connectivity index (χ2n) is 5.72. The Labute approximate surface area is 170 Å². The topological polar surface area (TPSA) is 135 Å². The predicted octanol–water partition coefficient (Wildman–Crippen LogP) is 2.66. The highest BCUT2D eigenvalue weighted by Gasteiger charge is 2.26. The number of carbonyl (C=O) groups excluding carboxylic acids is 1. The molecule has 2 aromatic rings. The van der Waals surface area contributed by atoms with E-state index in [4.69, 9.17) is 0 Å². The minimum atomic E-state index is -3.86. The van der Waals surface area contributed by atoms with E-state index in [1.165, 1.54) is 48.2 Å². The number of rotatable bonds is 9. The van der Waals surface area contributed by atoms with Crippen LogP contribution in [0.2, 0.25) is 0 Å². The van der Waals surface area contributed by atoms with E-state index in [1.807, 2.05) is 6.92 Å². The summed E-state index contributed by atoms with van der Waals surface area (Å²) in [6, 6.07) is 4.07. The molecule has 0 unspecified atom stereocenters. The highest BCUT2D eigenvalue weighted by atomic mass is 32.2. The van der Waals surface area contributed by atoms with Crippen molar-refractivity contribution in [3.8, 4) is 0 Å². The Hall–Kier alpha value is -2.25. The van der Waals surface area contributed by atoms with Gasteiger partial charge in [-0.1, -0.05) is 36.1 Å². The largest absolute Gasteiger partial charge is 0.299 e. The fourth-order valence-electron chi connectivity index (χ4n) is 2.26. The normalized spacial score (nSPS) is 11.2. The minimum Gasteiger partial charge on any atom is -0.299 e. The number of thioether (sulfide) groups is 1. The maximum atomic E-state index is 12.4. The molecule has 152 valence electrons. The number of aromatic nitrogens is 2. The zero-order chi connectivity index (χ0) is 20.9. The van der Waals surface area contributed by atoms with Crippen LogP contribution in [-0.2, 0) is 14.8 Å². The van der Waals surface area contributed by atoms with Gasteiger partial charge in [0.2, 0.25) is 21.1 Å². The average molecular weight is 446 g/mol. The second-order valence-corrected chi connectivity index (χ2v) is 9.94. The predicted molar refractivity (Wildman–Crippen MR) is 110 cm³/mol. The molecule has 0 fully saturated rings. The first-order valence-electron chi connectivity index (χ1n) is 8.11. The summed E-state index contributed by atoms with van der Waals surface area (Å²) in [7, 11) is -3.86. The van der Waals surface area contributed by atoms with Crippen molar-refractivity contribution >= 4 is 55.5 Å². The lowest BCUT2D eigenvalue weighted by Crippen LogP contribution is -2.38. The summed E-state index contributed by atoms with van der Waals surface area (Å²) in [6.45, 7) is 2.93. The molecule has 1 N–H and O–H groups in total. The van der Waals surface area contributed by atoms with Crippen LogP contribution < -0.4 is 9.62 Å². The number of carbonyl (C=O) groups is 1. The van der Waals surface area contributed by atoms with Gasteiger partial charge in [0.25, 0.3) is 5.69 Å². The Balaban J connectivity index is 2.22. The van der Waals surface area contributed by atoms with Crippen molar-refractivity contribution in [3.05, 3.63) is 33.9 Å². The first-order valence-corrected chi connectivity index (χ1v) is 11.8. The summed E-state index contributed by atoms with van der Waals surface area (Å²) in [5, 5.41) is 21.7. The number of sulfonamides is 1. The van der Waals surface area contributed by atoms with Crippen molar-refractivity contribution in [1.29, 1.82) is 0 Å². The van der Waals surface area contributed by atoms with Gasteiger partial charge < -0.3 is 0 Å². The van der Waals surface area contributed by atoms with Crippen molar-refractivity contribution < 1.29 is 18.1 Å². The second kappa shape index (κ2) is 9.30. The number of hydrogen-bond donors (Lipinski definition) is 1. The maximum absolute atomic E-state index is 12.4. The van der Waals surface area contributed by atoms with E-state index in [-0.39, 0.29) is 22.1 Å². The average Bonchev–Trinajstić information content (AvgIpc) is 3.04. The fraction of sp³-hybridized carbons (Fsp3) is 0.400. The number of nitrogens with one attached hydrogen (secondary N) is 1. The van der Waals surface area contributed by atoms with Crippen LogP contribution in [0.1, 0.15) is 18.9 Å². The molecule has 0 aliphatic carbocycles. The summed E-state index contributed by atoms with van der Waals surface area (Å²) in [5.41, 5.74) is -0.00327. The van der Waals surface area contributed by atoms with Crippen LogP contribution in [0.4, 0.5) is 16.5 Å². The van der Waals surface area contributed by atoms with E-state index in [1.54, 1.807) is 0 Å². The highest BCUT2D eigenvalue weighted by molar-refractivity contribution is 8.01. The lowest BCUT2D eigenvalue weighted by molar-refractivity contribution is -0.385. The first kappa shape index (κ1) is 22.0. The molecule has 13 heteroatoms. The zero-order valence-electron chi connectivity index (χ0n) is 15.4. The van der Waals surface area contributed by atoms with E-state index in [0.717, 1.165) is 22.7 Å². The van der Waals surface area contributed by atoms with Crippen molar-refractivity contribution in [2.75, 3.05) is 28.2 Å². The molecule has 1 aromatic heterocycles. The van der Waals surface area contributed by atoms with Crippen LogP contribution in [0.25, 0.3) is 0 Å². The van der Waals surface area contributed by atoms with Gasteiger partial charge in [0, 0.05) is 11.8 Å². The number of nitro benzene ring substituents is 1. The third kappa shape index (κ3) is 5.62. The van der Waals surface area contributed by atoms with Crippen LogP contribution in [0.15, 0.2) is 22.5 Å². The third-order valence-corrected chi connectivity index (χ3v) is 6.82. The Morgan fingerprint density at radius 1 is 1.39 bits per heavy atom. The van der Waals surface area contributed by atoms with Gasteiger partial charge in [0.05, 0.1) is 22.4 Å². The lowest BCUT2D eigenvalue weighted by atomic mass is 10.1. The summed E-state index contributed by atoms with van der Waals surface area (Å²) in [5.74, 6) is 0.246. The van der Waals surface area contributed by atoms with E-state index < -0.39 is 27.4 Å². The van der Waals surface area contributed by atoms with Gasteiger partial charge in [-0.15, -0.1) is 10.2 Å². The molecule has 0 bridgehead atoms. The molecule has 2 rings (SSSR count). The molecule has 0 saturated carbocycles. The Bertz CT molecular complexity index is 976. The van der Waals surface area contributed by atoms with Gasteiger partial charge in [-0.2, -0.15) is 0 Å². The summed E-state index contributed by atoms with van der Waals surface area (Å²) in [6.07, 6.45) is 1.90. The van der Waals surface area contributed by atoms with Gasteiger partial charge in [-0.3, -0.25) is 24.5 Å². The van der Waals surface area contributed by atoms with Crippen LogP contribution >= 0.6 is 23.1 Å². The molecule has 0 spiro atoms. The molecule has 0 aliphatic heterocycles. The van der Waals surface area contributed by atoms with Crippen molar-refractivity contribution in [2.24, 2.45) is 0 Å². The van der Waals surface area contributed by atoms with Crippen molar-refractivity contribution in [2.45, 2.75) is 24.6 Å². The molecular weight excluding hydrogens is 426 g/mol. The number of nitrogens with zero attached hydrogens (tertiary/aromatic N) is 4. The van der Waals surface area contributed by atoms with Gasteiger partial charge in [0.15, 0.2) is 4.34 Å². The lowest BCUT2D eigenvalue weighted by Gasteiger charge is -2.23. The summed E-state index contributed by atoms with van der Waals surface area (Å²) >= 11 is 2.71. The number of anilines is 2. The zero-order valence-corrected chi connectivity index (χ0v) is 17.9. The Kier molecular flexibility index (Phi) is 7.32. The molecular formula is C15H19N5O5S3. The Morgan fingerprint density at radius 3 is 2.71 bits per heavy atom. The van der Waals surface area contributed by atoms with Gasteiger partial charge in [0.1, 0.15) is 6.54 Å². The molecule has 1 heterocycles. The smallest absolute Gasteiger partial charge is 0.274 e. The molecule has 0 atom stereocenters. The number of benzene rings is 1. The maximum Gasteiger partial charge on any atom is 0.274 e. The van der Waals surface area contributed by atoms with Gasteiger partial charge in [-0.05, 0) is 19.4 Å². The van der Waals surface area contributed by atoms with E-state index >= 15 is 0 Å². The highest BCUT2D eigenvalue weighted by Crippen LogP contribution is 2.30. The number of amides is 1. The summed E-state index contributed by atoms with van der Waals surface area (Å²) < 4.78 is 26.0. The minimum absolute atomic E-state index is 0.0725. The quantitative estimate of drug-likeness (QED) is 0.269. The molecule has 1 amide bonds. The van der Waals surface area contributed by atoms with E-state index in [0.29, 0.717) is 4.34 Å². The standard InChI is InChI=1S/C15H19N5O5S3/c1-4-8-26-15-18-17-14(27-15)16-13(21)9-19(28(3,24)25)11-6-5-7-12(10(11)2)20(22)23/h5-7H,4,8-9H2,1-3H3,(H,16,17,21). The molecule has 10 nitrogen and oxygen atoms in total. The van der Waals surface area contributed by atoms with Crippen LogP contribution in [-0.4, -0.2) is 48.0 Å².